The number of nitrogens with one attached hydrogen (secondary N) is 2. The Labute approximate surface area is 221 Å². The van der Waals surface area contributed by atoms with Crippen LogP contribution in [0.15, 0.2) is 66.7 Å². The van der Waals surface area contributed by atoms with Gasteiger partial charge in [-0.3, -0.25) is 14.4 Å². The second kappa shape index (κ2) is 9.63. The second-order valence-electron chi connectivity index (χ2n) is 9.77. The van der Waals surface area contributed by atoms with Gasteiger partial charge in [-0.2, -0.15) is 0 Å². The molecule has 6 nitrogen and oxygen atoms in total. The number of nitrogen functional groups attached to an aromatic ring is 1. The fourth-order valence-corrected chi connectivity index (χ4v) is 5.24. The van der Waals surface area contributed by atoms with Crippen LogP contribution in [0.5, 0.6) is 0 Å². The van der Waals surface area contributed by atoms with Crippen LogP contribution in [-0.2, 0) is 6.54 Å². The predicted octanol–water partition coefficient (Wildman–Crippen LogP) is 5.95. The van der Waals surface area contributed by atoms with Crippen molar-refractivity contribution in [3.05, 3.63) is 122 Å². The summed E-state index contributed by atoms with van der Waals surface area (Å²) in [6.07, 6.45) is 0. The number of carbonyl (C=O) groups excluding carboxylic acids is 3. The summed E-state index contributed by atoms with van der Waals surface area (Å²) in [6.45, 7) is 8.18. The Morgan fingerprint density at radius 2 is 1.37 bits per heavy atom. The van der Waals surface area contributed by atoms with Crippen molar-refractivity contribution in [3.8, 4) is 0 Å². The van der Waals surface area contributed by atoms with Crippen LogP contribution in [0.2, 0.25) is 0 Å². The molecule has 0 aromatic heterocycles. The maximum absolute atomic E-state index is 13.6. The van der Waals surface area contributed by atoms with Crippen LogP contribution in [0, 0.1) is 27.7 Å². The minimum atomic E-state index is -0.249. The molecule has 0 spiro atoms. The highest BCUT2D eigenvalue weighted by atomic mass is 16.2. The van der Waals surface area contributed by atoms with Crippen molar-refractivity contribution in [2.24, 2.45) is 0 Å². The standard InChI is InChI=1S/C32H29N3O3/c1-17-14-19(3)29(20(4)24(17)16-34-32(38)21-10-6-5-7-11-21)35-25-15-18(2)28(33)27-26(25)30(36)22-12-8-9-13-23(22)31(27)37/h5-15,35H,16,33H2,1-4H3,(H,34,38). The van der Waals surface area contributed by atoms with Gasteiger partial charge in [-0.15, -0.1) is 0 Å². The van der Waals surface area contributed by atoms with Crippen LogP contribution in [-0.4, -0.2) is 17.5 Å². The fraction of sp³-hybridized carbons (Fsp3) is 0.156. The molecule has 190 valence electrons. The molecule has 0 radical (unpaired) electrons. The van der Waals surface area contributed by atoms with Gasteiger partial charge in [0.25, 0.3) is 5.91 Å². The molecule has 38 heavy (non-hydrogen) atoms. The lowest BCUT2D eigenvalue weighted by molar-refractivity contribution is 0.0950. The van der Waals surface area contributed by atoms with E-state index in [2.05, 4.69) is 16.7 Å². The van der Waals surface area contributed by atoms with Crippen molar-refractivity contribution >= 4 is 34.5 Å². The van der Waals surface area contributed by atoms with Gasteiger partial charge < -0.3 is 16.4 Å². The molecule has 0 aliphatic heterocycles. The largest absolute Gasteiger partial charge is 0.398 e. The van der Waals surface area contributed by atoms with Gasteiger partial charge in [-0.05, 0) is 73.7 Å². The van der Waals surface area contributed by atoms with Crippen molar-refractivity contribution in [2.75, 3.05) is 11.1 Å². The van der Waals surface area contributed by atoms with Gasteiger partial charge in [0.1, 0.15) is 0 Å². The highest BCUT2D eigenvalue weighted by molar-refractivity contribution is 6.32. The van der Waals surface area contributed by atoms with Gasteiger partial charge in [0.2, 0.25) is 0 Å². The average molecular weight is 504 g/mol. The summed E-state index contributed by atoms with van der Waals surface area (Å²) in [7, 11) is 0. The lowest BCUT2D eigenvalue weighted by Crippen LogP contribution is -2.25. The van der Waals surface area contributed by atoms with Gasteiger partial charge >= 0.3 is 0 Å². The summed E-state index contributed by atoms with van der Waals surface area (Å²) in [5.41, 5.74) is 14.6. The lowest BCUT2D eigenvalue weighted by atomic mass is 9.81. The average Bonchev–Trinajstić information content (AvgIpc) is 2.91. The van der Waals surface area contributed by atoms with Crippen LogP contribution in [0.3, 0.4) is 0 Å². The first-order chi connectivity index (χ1) is 18.2. The zero-order chi connectivity index (χ0) is 27.1. The molecule has 1 aliphatic rings. The van der Waals surface area contributed by atoms with Crippen molar-refractivity contribution in [1.82, 2.24) is 5.32 Å². The second-order valence-corrected chi connectivity index (χ2v) is 9.77. The highest BCUT2D eigenvalue weighted by Gasteiger charge is 2.34. The van der Waals surface area contributed by atoms with Crippen molar-refractivity contribution in [3.63, 3.8) is 0 Å². The molecule has 4 N–H and O–H groups in total. The van der Waals surface area contributed by atoms with E-state index in [4.69, 9.17) is 5.73 Å². The molecule has 4 aromatic carbocycles. The number of fused-ring (bicyclic) bond motifs is 2. The highest BCUT2D eigenvalue weighted by Crippen LogP contribution is 2.39. The summed E-state index contributed by atoms with van der Waals surface area (Å²) >= 11 is 0. The lowest BCUT2D eigenvalue weighted by Gasteiger charge is -2.25. The molecule has 0 heterocycles. The molecule has 0 saturated carbocycles. The quantitative estimate of drug-likeness (QED) is 0.257. The summed E-state index contributed by atoms with van der Waals surface area (Å²) in [6, 6.07) is 19.8. The molecule has 4 aromatic rings. The summed E-state index contributed by atoms with van der Waals surface area (Å²) in [4.78, 5) is 39.7. The van der Waals surface area contributed by atoms with Gasteiger partial charge in [0, 0.05) is 34.6 Å². The normalized spacial score (nSPS) is 12.1. The minimum absolute atomic E-state index is 0.148. The van der Waals surface area contributed by atoms with E-state index in [0.717, 1.165) is 27.9 Å². The Balaban J connectivity index is 1.55. The molecule has 0 fully saturated rings. The number of benzene rings is 4. The first-order valence-corrected chi connectivity index (χ1v) is 12.5. The first-order valence-electron chi connectivity index (χ1n) is 12.5. The zero-order valence-electron chi connectivity index (χ0n) is 21.9. The topological polar surface area (TPSA) is 101 Å². The number of hydrogen-bond acceptors (Lipinski definition) is 5. The molecular weight excluding hydrogens is 474 g/mol. The van der Waals surface area contributed by atoms with E-state index in [1.807, 2.05) is 52.0 Å². The number of amides is 1. The van der Waals surface area contributed by atoms with Gasteiger partial charge in [0.15, 0.2) is 11.6 Å². The van der Waals surface area contributed by atoms with E-state index < -0.39 is 0 Å². The zero-order valence-corrected chi connectivity index (χ0v) is 21.9. The van der Waals surface area contributed by atoms with Crippen molar-refractivity contribution < 1.29 is 14.4 Å². The maximum Gasteiger partial charge on any atom is 0.251 e. The summed E-state index contributed by atoms with van der Waals surface area (Å²) < 4.78 is 0. The third kappa shape index (κ3) is 4.14. The van der Waals surface area contributed by atoms with Gasteiger partial charge in [-0.1, -0.05) is 48.5 Å². The number of aryl methyl sites for hydroxylation is 3. The SMILES string of the molecule is Cc1cc(Nc2c(C)cc(C)c(CNC(=O)c3ccccc3)c2C)c2c(c1N)C(=O)c1ccccc1C2=O. The number of nitrogens with two attached hydrogens (primary N) is 1. The predicted molar refractivity (Wildman–Crippen MR) is 150 cm³/mol. The minimum Gasteiger partial charge on any atom is -0.398 e. The Kier molecular flexibility index (Phi) is 6.33. The molecular formula is C32H29N3O3. The third-order valence-electron chi connectivity index (χ3n) is 7.30. The van der Waals surface area contributed by atoms with Crippen LogP contribution in [0.25, 0.3) is 0 Å². The van der Waals surface area contributed by atoms with Gasteiger partial charge in [-0.25, -0.2) is 0 Å². The Morgan fingerprint density at radius 1 is 0.763 bits per heavy atom. The number of rotatable bonds is 5. The Morgan fingerprint density at radius 3 is 2.03 bits per heavy atom. The van der Waals surface area contributed by atoms with Crippen molar-refractivity contribution in [2.45, 2.75) is 34.2 Å². The van der Waals surface area contributed by atoms with Crippen LogP contribution in [0.1, 0.15) is 70.0 Å². The van der Waals surface area contributed by atoms with E-state index in [9.17, 15) is 14.4 Å². The van der Waals surface area contributed by atoms with Crippen LogP contribution in [0.4, 0.5) is 17.1 Å². The molecule has 1 aliphatic carbocycles. The van der Waals surface area contributed by atoms with Crippen LogP contribution >= 0.6 is 0 Å². The van der Waals surface area contributed by atoms with E-state index in [0.29, 0.717) is 40.2 Å². The first kappa shape index (κ1) is 25.0. The molecule has 0 saturated heterocycles. The summed E-state index contributed by atoms with van der Waals surface area (Å²) in [5, 5.41) is 6.48. The van der Waals surface area contributed by atoms with Crippen molar-refractivity contribution in [1.29, 1.82) is 0 Å². The third-order valence-corrected chi connectivity index (χ3v) is 7.30. The number of hydrogen-bond donors (Lipinski definition) is 3. The molecule has 6 heteroatoms. The fourth-order valence-electron chi connectivity index (χ4n) is 5.24. The monoisotopic (exact) mass is 503 g/mol. The Hall–Kier alpha value is -4.71. The van der Waals surface area contributed by atoms with E-state index >= 15 is 0 Å². The van der Waals surface area contributed by atoms with Gasteiger partial charge in [0.05, 0.1) is 16.8 Å². The smallest absolute Gasteiger partial charge is 0.251 e. The number of anilines is 3. The van der Waals surface area contributed by atoms with Crippen LogP contribution < -0.4 is 16.4 Å². The number of carbonyl (C=O) groups is 3. The maximum atomic E-state index is 13.6. The van der Waals surface area contributed by atoms with E-state index in [1.165, 1.54) is 0 Å². The molecule has 5 rings (SSSR count). The molecule has 1 amide bonds. The van der Waals surface area contributed by atoms with E-state index in [1.54, 1.807) is 36.4 Å². The molecule has 0 bridgehead atoms. The summed E-state index contributed by atoms with van der Waals surface area (Å²) in [5.74, 6) is -0.631. The molecule has 0 atom stereocenters. The number of ketones is 2. The molecule has 0 unspecified atom stereocenters. The van der Waals surface area contributed by atoms with E-state index in [-0.39, 0.29) is 28.6 Å². The Bertz CT molecular complexity index is 1640.